The second-order valence-electron chi connectivity index (χ2n) is 5.67. The van der Waals surface area contributed by atoms with Crippen LogP contribution >= 0.6 is 0 Å². The van der Waals surface area contributed by atoms with Gasteiger partial charge in [-0.15, -0.1) is 0 Å². The minimum absolute atomic E-state index is 0.0941. The van der Waals surface area contributed by atoms with Gasteiger partial charge in [-0.3, -0.25) is 0 Å². The van der Waals surface area contributed by atoms with Crippen molar-refractivity contribution in [1.82, 2.24) is 15.5 Å². The van der Waals surface area contributed by atoms with Crippen LogP contribution in [0.5, 0.6) is 0 Å². The topological polar surface area (TPSA) is 64.6 Å². The zero-order valence-electron chi connectivity index (χ0n) is 12.6. The van der Waals surface area contributed by atoms with Gasteiger partial charge in [0.05, 0.1) is 5.60 Å². The Labute approximate surface area is 111 Å². The minimum atomic E-state index is -0.797. The summed E-state index contributed by atoms with van der Waals surface area (Å²) >= 11 is 0. The van der Waals surface area contributed by atoms with E-state index in [0.29, 0.717) is 19.4 Å². The Morgan fingerprint density at radius 2 is 1.56 bits per heavy atom. The number of aliphatic hydroxyl groups is 1. The largest absolute Gasteiger partial charge is 0.388 e. The summed E-state index contributed by atoms with van der Waals surface area (Å²) in [6.45, 7) is 8.79. The molecule has 0 fully saturated rings. The smallest absolute Gasteiger partial charge is 0.314 e. The molecule has 5 heteroatoms. The fraction of sp³-hybridized carbons (Fsp3) is 0.923. The number of likely N-dealkylation sites (N-methyl/N-ethyl adjacent to an activating group) is 1. The molecule has 0 atom stereocenters. The number of hydrogen-bond acceptors (Lipinski definition) is 3. The van der Waals surface area contributed by atoms with E-state index in [9.17, 15) is 9.90 Å². The van der Waals surface area contributed by atoms with Crippen LogP contribution in [-0.4, -0.2) is 54.4 Å². The lowest BCUT2D eigenvalue weighted by molar-refractivity contribution is 0.0348. The summed E-state index contributed by atoms with van der Waals surface area (Å²) in [5.41, 5.74) is -0.891. The summed E-state index contributed by atoms with van der Waals surface area (Å²) in [6.07, 6.45) is 1.26. The van der Waals surface area contributed by atoms with Gasteiger partial charge in [0.25, 0.3) is 0 Å². The predicted molar refractivity (Wildman–Crippen MR) is 74.7 cm³/mol. The number of hydrogen-bond donors (Lipinski definition) is 3. The summed E-state index contributed by atoms with van der Waals surface area (Å²) in [5, 5.41) is 15.6. The number of amides is 2. The molecule has 0 aromatic rings. The first-order valence-electron chi connectivity index (χ1n) is 6.58. The van der Waals surface area contributed by atoms with Gasteiger partial charge < -0.3 is 20.6 Å². The molecule has 0 aromatic carbocycles. The molecule has 0 rings (SSSR count). The molecule has 0 radical (unpaired) electrons. The third-order valence-electron chi connectivity index (χ3n) is 3.79. The molecule has 0 spiro atoms. The molecule has 0 saturated heterocycles. The van der Waals surface area contributed by atoms with Gasteiger partial charge in [0.15, 0.2) is 0 Å². The molecule has 0 saturated carbocycles. The number of urea groups is 1. The summed E-state index contributed by atoms with van der Waals surface area (Å²) in [5.74, 6) is 0. The van der Waals surface area contributed by atoms with Crippen LogP contribution in [0.3, 0.4) is 0 Å². The van der Waals surface area contributed by atoms with E-state index in [4.69, 9.17) is 0 Å². The van der Waals surface area contributed by atoms with Gasteiger partial charge in [-0.2, -0.15) is 0 Å². The SMILES string of the molecule is CCC(O)(CC)CNC(=O)NCC(C)(C)N(C)C. The lowest BCUT2D eigenvalue weighted by atomic mass is 9.98. The lowest BCUT2D eigenvalue weighted by Gasteiger charge is -2.33. The average Bonchev–Trinajstić information content (AvgIpc) is 2.33. The highest BCUT2D eigenvalue weighted by molar-refractivity contribution is 5.74. The molecule has 18 heavy (non-hydrogen) atoms. The van der Waals surface area contributed by atoms with Crippen LogP contribution < -0.4 is 10.6 Å². The van der Waals surface area contributed by atoms with E-state index in [2.05, 4.69) is 29.4 Å². The summed E-state index contributed by atoms with van der Waals surface area (Å²) in [4.78, 5) is 13.7. The molecule has 0 aromatic heterocycles. The van der Waals surface area contributed by atoms with Crippen molar-refractivity contribution in [3.63, 3.8) is 0 Å². The molecule has 0 unspecified atom stereocenters. The normalized spacial score (nSPS) is 12.7. The average molecular weight is 259 g/mol. The summed E-state index contributed by atoms with van der Waals surface area (Å²) in [6, 6.07) is -0.231. The fourth-order valence-electron chi connectivity index (χ4n) is 1.26. The van der Waals surface area contributed by atoms with Crippen molar-refractivity contribution < 1.29 is 9.90 Å². The van der Waals surface area contributed by atoms with E-state index >= 15 is 0 Å². The summed E-state index contributed by atoms with van der Waals surface area (Å²) < 4.78 is 0. The Morgan fingerprint density at radius 1 is 1.11 bits per heavy atom. The van der Waals surface area contributed by atoms with Crippen LogP contribution in [0.1, 0.15) is 40.5 Å². The van der Waals surface area contributed by atoms with Crippen LogP contribution in [0.25, 0.3) is 0 Å². The Kier molecular flexibility index (Phi) is 6.63. The molecule has 0 aliphatic rings. The van der Waals surface area contributed by atoms with Crippen LogP contribution in [0, 0.1) is 0 Å². The van der Waals surface area contributed by atoms with Crippen molar-refractivity contribution in [3.05, 3.63) is 0 Å². The van der Waals surface area contributed by atoms with Gasteiger partial charge in [-0.05, 0) is 40.8 Å². The van der Waals surface area contributed by atoms with E-state index in [1.54, 1.807) is 0 Å². The number of rotatable bonds is 7. The van der Waals surface area contributed by atoms with E-state index in [1.165, 1.54) is 0 Å². The number of nitrogens with one attached hydrogen (secondary N) is 2. The Balaban J connectivity index is 4.07. The van der Waals surface area contributed by atoms with Crippen molar-refractivity contribution in [2.45, 2.75) is 51.7 Å². The van der Waals surface area contributed by atoms with Crippen molar-refractivity contribution >= 4 is 6.03 Å². The molecule has 3 N–H and O–H groups in total. The second-order valence-corrected chi connectivity index (χ2v) is 5.67. The molecule has 5 nitrogen and oxygen atoms in total. The second kappa shape index (κ2) is 6.95. The molecule has 108 valence electrons. The van der Waals surface area contributed by atoms with Gasteiger partial charge in [0.2, 0.25) is 0 Å². The maximum absolute atomic E-state index is 11.6. The van der Waals surface area contributed by atoms with Gasteiger partial charge >= 0.3 is 6.03 Å². The maximum atomic E-state index is 11.6. The standard InChI is InChI=1S/C13H29N3O2/c1-7-13(18,8-2)10-15-11(17)14-9-12(3,4)16(5)6/h18H,7-10H2,1-6H3,(H2,14,15,17). The van der Waals surface area contributed by atoms with Crippen molar-refractivity contribution in [2.24, 2.45) is 0 Å². The molecule has 0 bridgehead atoms. The zero-order valence-corrected chi connectivity index (χ0v) is 12.6. The van der Waals surface area contributed by atoms with Gasteiger partial charge in [-0.1, -0.05) is 13.8 Å². The molecule has 0 heterocycles. The number of nitrogens with zero attached hydrogens (tertiary/aromatic N) is 1. The Bertz CT molecular complexity index is 250. The van der Waals surface area contributed by atoms with E-state index in [-0.39, 0.29) is 18.1 Å². The maximum Gasteiger partial charge on any atom is 0.314 e. The third-order valence-corrected chi connectivity index (χ3v) is 3.79. The van der Waals surface area contributed by atoms with E-state index in [1.807, 2.05) is 27.9 Å². The minimum Gasteiger partial charge on any atom is -0.388 e. The van der Waals surface area contributed by atoms with Gasteiger partial charge in [0.1, 0.15) is 0 Å². The number of carbonyl (C=O) groups excluding carboxylic acids is 1. The van der Waals surface area contributed by atoms with Crippen molar-refractivity contribution in [1.29, 1.82) is 0 Å². The van der Waals surface area contributed by atoms with Crippen LogP contribution in [-0.2, 0) is 0 Å². The molecular weight excluding hydrogens is 230 g/mol. The van der Waals surface area contributed by atoms with Gasteiger partial charge in [0, 0.05) is 18.6 Å². The van der Waals surface area contributed by atoms with Crippen molar-refractivity contribution in [3.8, 4) is 0 Å². The molecule has 0 aliphatic heterocycles. The third kappa shape index (κ3) is 5.69. The first-order valence-corrected chi connectivity index (χ1v) is 6.58. The molecular formula is C13H29N3O2. The Hall–Kier alpha value is -0.810. The number of carbonyl (C=O) groups is 1. The first-order chi connectivity index (χ1) is 8.17. The van der Waals surface area contributed by atoms with Crippen LogP contribution in [0.4, 0.5) is 4.79 Å². The zero-order chi connectivity index (χ0) is 14.4. The molecule has 0 aliphatic carbocycles. The lowest BCUT2D eigenvalue weighted by Crippen LogP contribution is -2.52. The summed E-state index contributed by atoms with van der Waals surface area (Å²) in [7, 11) is 3.96. The first kappa shape index (κ1) is 17.2. The quantitative estimate of drug-likeness (QED) is 0.643. The van der Waals surface area contributed by atoms with Gasteiger partial charge in [-0.25, -0.2) is 4.79 Å². The molecule has 2 amide bonds. The highest BCUT2D eigenvalue weighted by Gasteiger charge is 2.24. The monoisotopic (exact) mass is 259 g/mol. The Morgan fingerprint density at radius 3 is 1.94 bits per heavy atom. The van der Waals surface area contributed by atoms with E-state index in [0.717, 1.165) is 0 Å². The van der Waals surface area contributed by atoms with Crippen molar-refractivity contribution in [2.75, 3.05) is 27.2 Å². The highest BCUT2D eigenvalue weighted by atomic mass is 16.3. The van der Waals surface area contributed by atoms with Crippen LogP contribution in [0.2, 0.25) is 0 Å². The van der Waals surface area contributed by atoms with Crippen LogP contribution in [0.15, 0.2) is 0 Å². The predicted octanol–water partition coefficient (Wildman–Crippen LogP) is 1.18. The highest BCUT2D eigenvalue weighted by Crippen LogP contribution is 2.12. The fourth-order valence-corrected chi connectivity index (χ4v) is 1.26. The van der Waals surface area contributed by atoms with E-state index < -0.39 is 5.60 Å².